The van der Waals surface area contributed by atoms with Crippen molar-refractivity contribution in [3.8, 4) is 0 Å². The van der Waals surface area contributed by atoms with Crippen LogP contribution in [0.4, 0.5) is 0 Å². The maximum Gasteiger partial charge on any atom is 0.246 e. The molecule has 2 unspecified atom stereocenters. The van der Waals surface area contributed by atoms with E-state index in [-0.39, 0.29) is 33.4 Å². The number of rotatable bonds is 2. The molecule has 4 nitrogen and oxygen atoms in total. The van der Waals surface area contributed by atoms with Gasteiger partial charge >= 0.3 is 0 Å². The summed E-state index contributed by atoms with van der Waals surface area (Å²) in [6, 6.07) is 2.55. The summed E-state index contributed by atoms with van der Waals surface area (Å²) in [6.07, 6.45) is 0.712. The third-order valence-corrected chi connectivity index (χ3v) is 6.55. The Morgan fingerprint density at radius 1 is 1.25 bits per heavy atom. The summed E-state index contributed by atoms with van der Waals surface area (Å²) in [4.78, 5) is -0.105. The Hall–Kier alpha value is -0.0400. The van der Waals surface area contributed by atoms with Crippen molar-refractivity contribution in [2.24, 2.45) is 11.7 Å². The molecule has 0 saturated carbocycles. The van der Waals surface area contributed by atoms with Gasteiger partial charge in [0.2, 0.25) is 10.0 Å². The van der Waals surface area contributed by atoms with Crippen molar-refractivity contribution in [1.82, 2.24) is 4.31 Å². The Labute approximate surface area is 133 Å². The van der Waals surface area contributed by atoms with Gasteiger partial charge in [0, 0.05) is 24.2 Å². The van der Waals surface area contributed by atoms with E-state index in [1.54, 1.807) is 0 Å². The number of hydrogen-bond acceptors (Lipinski definition) is 3. The zero-order valence-electron chi connectivity index (χ0n) is 10.8. The van der Waals surface area contributed by atoms with E-state index in [2.05, 4.69) is 0 Å². The lowest BCUT2D eigenvalue weighted by atomic mass is 9.96. The number of hydrogen-bond donors (Lipinski definition) is 1. The highest BCUT2D eigenvalue weighted by atomic mass is 35.5. The zero-order chi connectivity index (χ0) is 15.1. The Kier molecular flexibility index (Phi) is 4.89. The molecule has 0 aromatic heterocycles. The number of piperidine rings is 1. The van der Waals surface area contributed by atoms with E-state index in [9.17, 15) is 8.42 Å². The van der Waals surface area contributed by atoms with Gasteiger partial charge in [-0.2, -0.15) is 4.31 Å². The quantitative estimate of drug-likeness (QED) is 0.885. The van der Waals surface area contributed by atoms with Gasteiger partial charge in [0.1, 0.15) is 4.90 Å². The molecule has 1 aromatic carbocycles. The molecule has 2 rings (SSSR count). The standard InChI is InChI=1S/C12H15Cl3N2O2S/c1-7-2-3-17(6-11(7)16)20(18,19)12-9(14)4-8(13)5-10(12)15/h4-5,7,11H,2-3,6,16H2,1H3. The average Bonchev–Trinajstić information content (AvgIpc) is 2.30. The van der Waals surface area contributed by atoms with Crippen LogP contribution in [0.3, 0.4) is 0 Å². The van der Waals surface area contributed by atoms with E-state index in [4.69, 9.17) is 40.5 Å². The highest BCUT2D eigenvalue weighted by molar-refractivity contribution is 7.89. The fourth-order valence-corrected chi connectivity index (χ4v) is 5.18. The lowest BCUT2D eigenvalue weighted by Crippen LogP contribution is -2.49. The molecule has 0 radical (unpaired) electrons. The van der Waals surface area contributed by atoms with Crippen molar-refractivity contribution < 1.29 is 8.42 Å². The highest BCUT2D eigenvalue weighted by Gasteiger charge is 2.34. The smallest absolute Gasteiger partial charge is 0.246 e. The van der Waals surface area contributed by atoms with Gasteiger partial charge in [0.15, 0.2) is 0 Å². The summed E-state index contributed by atoms with van der Waals surface area (Å²) in [5.41, 5.74) is 5.95. The SMILES string of the molecule is CC1CCN(S(=O)(=O)c2c(Cl)cc(Cl)cc2Cl)CC1N. The Morgan fingerprint density at radius 3 is 2.30 bits per heavy atom. The zero-order valence-corrected chi connectivity index (χ0v) is 13.9. The lowest BCUT2D eigenvalue weighted by molar-refractivity contribution is 0.253. The molecular weight excluding hydrogens is 343 g/mol. The van der Waals surface area contributed by atoms with Crippen LogP contribution in [0.25, 0.3) is 0 Å². The molecule has 2 N–H and O–H groups in total. The van der Waals surface area contributed by atoms with Crippen molar-refractivity contribution in [2.75, 3.05) is 13.1 Å². The van der Waals surface area contributed by atoms with Crippen molar-refractivity contribution in [2.45, 2.75) is 24.3 Å². The van der Waals surface area contributed by atoms with Crippen molar-refractivity contribution in [3.05, 3.63) is 27.2 Å². The molecule has 20 heavy (non-hydrogen) atoms. The molecule has 8 heteroatoms. The van der Waals surface area contributed by atoms with E-state index in [0.29, 0.717) is 18.0 Å². The van der Waals surface area contributed by atoms with Crippen LogP contribution >= 0.6 is 34.8 Å². The van der Waals surface area contributed by atoms with E-state index >= 15 is 0 Å². The molecule has 1 aliphatic heterocycles. The predicted octanol–water partition coefficient (Wildman–Crippen LogP) is 3.00. The molecule has 0 bridgehead atoms. The van der Waals surface area contributed by atoms with Gasteiger partial charge in [-0.1, -0.05) is 41.7 Å². The number of halogens is 3. The van der Waals surface area contributed by atoms with Crippen molar-refractivity contribution in [1.29, 1.82) is 0 Å². The monoisotopic (exact) mass is 356 g/mol. The topological polar surface area (TPSA) is 63.4 Å². The third kappa shape index (κ3) is 3.08. The third-order valence-electron chi connectivity index (χ3n) is 3.54. The summed E-state index contributed by atoms with van der Waals surface area (Å²) < 4.78 is 26.6. The molecule has 2 atom stereocenters. The molecule has 0 amide bonds. The number of nitrogens with two attached hydrogens (primary N) is 1. The van der Waals surface area contributed by atoms with E-state index in [1.807, 2.05) is 6.92 Å². The van der Waals surface area contributed by atoms with Crippen LogP contribution in [-0.4, -0.2) is 31.9 Å². The van der Waals surface area contributed by atoms with Gasteiger partial charge in [0.05, 0.1) is 10.0 Å². The average molecular weight is 358 g/mol. The summed E-state index contributed by atoms with van der Waals surface area (Å²) in [7, 11) is -3.77. The second-order valence-electron chi connectivity index (χ2n) is 4.99. The molecular formula is C12H15Cl3N2O2S. The molecule has 1 saturated heterocycles. The minimum absolute atomic E-state index is 0.0229. The van der Waals surface area contributed by atoms with E-state index in [1.165, 1.54) is 16.4 Å². The molecule has 0 spiro atoms. The van der Waals surface area contributed by atoms with E-state index in [0.717, 1.165) is 0 Å². The fourth-order valence-electron chi connectivity index (χ4n) is 2.19. The summed E-state index contributed by atoms with van der Waals surface area (Å²) >= 11 is 17.8. The largest absolute Gasteiger partial charge is 0.326 e. The Balaban J connectivity index is 2.41. The van der Waals surface area contributed by atoms with Crippen molar-refractivity contribution >= 4 is 44.8 Å². The van der Waals surface area contributed by atoms with Crippen LogP contribution in [0.15, 0.2) is 17.0 Å². The molecule has 1 aliphatic rings. The van der Waals surface area contributed by atoms with Crippen LogP contribution in [0.2, 0.25) is 15.1 Å². The van der Waals surface area contributed by atoms with Gasteiger partial charge in [-0.15, -0.1) is 0 Å². The fraction of sp³-hybridized carbons (Fsp3) is 0.500. The molecule has 1 aromatic rings. The predicted molar refractivity (Wildman–Crippen MR) is 82.0 cm³/mol. The van der Waals surface area contributed by atoms with Gasteiger partial charge < -0.3 is 5.73 Å². The maximum atomic E-state index is 12.7. The summed E-state index contributed by atoms with van der Waals surface area (Å²) in [5, 5.41) is 0.340. The molecule has 112 valence electrons. The van der Waals surface area contributed by atoms with Gasteiger partial charge in [0.25, 0.3) is 0 Å². The number of sulfonamides is 1. The first-order valence-electron chi connectivity index (χ1n) is 6.13. The van der Waals surface area contributed by atoms with Crippen molar-refractivity contribution in [3.63, 3.8) is 0 Å². The summed E-state index contributed by atoms with van der Waals surface area (Å²) in [5.74, 6) is 0.289. The first kappa shape index (κ1) is 16.3. The highest BCUT2D eigenvalue weighted by Crippen LogP contribution is 2.35. The van der Waals surface area contributed by atoms with Crippen LogP contribution in [0, 0.1) is 5.92 Å². The Morgan fingerprint density at radius 2 is 1.80 bits per heavy atom. The first-order chi connectivity index (χ1) is 9.23. The lowest BCUT2D eigenvalue weighted by Gasteiger charge is -2.34. The molecule has 0 aliphatic carbocycles. The minimum atomic E-state index is -3.77. The van der Waals surface area contributed by atoms with Gasteiger partial charge in [-0.3, -0.25) is 0 Å². The molecule has 1 heterocycles. The van der Waals surface area contributed by atoms with Crippen LogP contribution in [0.1, 0.15) is 13.3 Å². The number of benzene rings is 1. The normalized spacial score (nSPS) is 24.9. The van der Waals surface area contributed by atoms with Gasteiger partial charge in [-0.25, -0.2) is 8.42 Å². The second-order valence-corrected chi connectivity index (χ2v) is 8.12. The maximum absolute atomic E-state index is 12.7. The summed E-state index contributed by atoms with van der Waals surface area (Å²) in [6.45, 7) is 2.68. The number of nitrogens with zero attached hydrogens (tertiary/aromatic N) is 1. The first-order valence-corrected chi connectivity index (χ1v) is 8.71. The van der Waals surface area contributed by atoms with Crippen LogP contribution in [0.5, 0.6) is 0 Å². The minimum Gasteiger partial charge on any atom is -0.326 e. The van der Waals surface area contributed by atoms with Crippen LogP contribution < -0.4 is 5.73 Å². The second kappa shape index (κ2) is 5.99. The van der Waals surface area contributed by atoms with Crippen LogP contribution in [-0.2, 0) is 10.0 Å². The Bertz CT molecular complexity index is 598. The molecule has 1 fully saturated rings. The van der Waals surface area contributed by atoms with Gasteiger partial charge in [-0.05, 0) is 24.5 Å². The van der Waals surface area contributed by atoms with E-state index < -0.39 is 10.0 Å².